The van der Waals surface area contributed by atoms with Gasteiger partial charge in [0.25, 0.3) is 5.84 Å². The molecular weight excluding hydrogens is 376 g/mol. The Kier molecular flexibility index (Phi) is 3.86. The molecule has 6 nitrogen and oxygen atoms in total. The summed E-state index contributed by atoms with van der Waals surface area (Å²) in [6.07, 6.45) is 0.807. The first-order chi connectivity index (χ1) is 14.5. The van der Waals surface area contributed by atoms with Crippen LogP contribution in [0.3, 0.4) is 0 Å². The van der Waals surface area contributed by atoms with Crippen LogP contribution in [0.25, 0.3) is 0 Å². The third-order valence-corrected chi connectivity index (χ3v) is 7.05. The van der Waals surface area contributed by atoms with Crippen molar-refractivity contribution >= 4 is 5.84 Å². The molecule has 3 aliphatic rings. The fourth-order valence-electron chi connectivity index (χ4n) is 5.92. The maximum absolute atomic E-state index is 10.6. The lowest BCUT2D eigenvalue weighted by atomic mass is 9.79. The monoisotopic (exact) mass is 399 g/mol. The molecule has 2 aliphatic heterocycles. The highest BCUT2D eigenvalue weighted by molar-refractivity contribution is 5.95. The molecule has 2 aromatic rings. The van der Waals surface area contributed by atoms with Crippen molar-refractivity contribution in [1.82, 2.24) is 0 Å². The molecule has 3 N–H and O–H groups in total. The molecule has 4 atom stereocenters. The van der Waals surface area contributed by atoms with E-state index in [0.717, 1.165) is 11.1 Å². The van der Waals surface area contributed by atoms with Crippen molar-refractivity contribution in [3.63, 3.8) is 0 Å². The van der Waals surface area contributed by atoms with Gasteiger partial charge < -0.3 is 9.47 Å². The molecule has 5 rings (SSSR count). The highest BCUT2D eigenvalue weighted by Gasteiger charge is 3.04. The van der Waals surface area contributed by atoms with Crippen LogP contribution in [0.1, 0.15) is 18.1 Å². The zero-order valence-corrected chi connectivity index (χ0v) is 16.8. The van der Waals surface area contributed by atoms with Crippen molar-refractivity contribution in [2.75, 3.05) is 6.61 Å². The first kappa shape index (κ1) is 18.8. The van der Waals surface area contributed by atoms with Gasteiger partial charge in [0, 0.05) is 5.41 Å². The quantitative estimate of drug-likeness (QED) is 0.799. The summed E-state index contributed by atoms with van der Waals surface area (Å²) >= 11 is 0. The lowest BCUT2D eigenvalue weighted by Crippen LogP contribution is -2.90. The number of benzene rings is 2. The zero-order chi connectivity index (χ0) is 21.0. The summed E-state index contributed by atoms with van der Waals surface area (Å²) in [5, 5.41) is 21.1. The molecule has 150 valence electrons. The third-order valence-electron chi connectivity index (χ3n) is 7.05. The Balaban J connectivity index is 1.73. The lowest BCUT2D eigenvalue weighted by molar-refractivity contribution is -0.680. The minimum atomic E-state index is -1.43. The topological polar surface area (TPSA) is 106 Å². The maximum atomic E-state index is 10.6. The second-order valence-electron chi connectivity index (χ2n) is 8.53. The molecule has 0 radical (unpaired) electrons. The number of ether oxygens (including phenoxy) is 2. The Labute approximate surface area is 175 Å². The van der Waals surface area contributed by atoms with Crippen LogP contribution in [0, 0.1) is 38.9 Å². The van der Waals surface area contributed by atoms with Gasteiger partial charge in [-0.2, -0.15) is 10.5 Å². The summed E-state index contributed by atoms with van der Waals surface area (Å²) in [7, 11) is 0. The van der Waals surface area contributed by atoms with Gasteiger partial charge in [0.1, 0.15) is 0 Å². The molecule has 1 spiro atoms. The predicted octanol–water partition coefficient (Wildman–Crippen LogP) is 1.03. The fourth-order valence-corrected chi connectivity index (χ4v) is 5.92. The van der Waals surface area contributed by atoms with Gasteiger partial charge in [-0.1, -0.05) is 60.7 Å². The fraction of sp³-hybridized carbons (Fsp3) is 0.375. The van der Waals surface area contributed by atoms with Gasteiger partial charge in [-0.15, -0.1) is 0 Å². The van der Waals surface area contributed by atoms with E-state index in [1.165, 1.54) is 0 Å². The highest BCUT2D eigenvalue weighted by Crippen LogP contribution is 2.84. The summed E-state index contributed by atoms with van der Waals surface area (Å²) in [4.78, 5) is 3.07. The van der Waals surface area contributed by atoms with Crippen LogP contribution < -0.4 is 10.7 Å². The molecule has 1 saturated carbocycles. The molecule has 1 aliphatic carbocycles. The molecule has 0 amide bonds. The first-order valence-corrected chi connectivity index (χ1v) is 10.1. The number of hydrogen-bond acceptors (Lipinski definition) is 5. The van der Waals surface area contributed by atoms with Gasteiger partial charge in [-0.25, -0.2) is 4.99 Å². The van der Waals surface area contributed by atoms with Crippen molar-refractivity contribution in [2.45, 2.75) is 31.8 Å². The summed E-state index contributed by atoms with van der Waals surface area (Å²) < 4.78 is 12.3. The molecule has 0 unspecified atom stereocenters. The Bertz CT molecular complexity index is 1060. The van der Waals surface area contributed by atoms with E-state index in [0.29, 0.717) is 19.4 Å². The average Bonchev–Trinajstić information content (AvgIpc) is 2.92. The standard InChI is InChI=1S/C24H22N4O2/c1-17-14-29-24(30-17)23(16-26)21(12-18-8-4-2-5-9-18,13-19-10-6-3-7-11-19)22(23,15-25)20(27)28-24/h2-11,17H,12-14H2,1H3,(H2,27,28)/p+1/t17-,22-,23+,24+/m0/s1. The Morgan fingerprint density at radius 2 is 1.57 bits per heavy atom. The minimum absolute atomic E-state index is 0.211. The van der Waals surface area contributed by atoms with Crippen LogP contribution in [0.15, 0.2) is 60.7 Å². The van der Waals surface area contributed by atoms with E-state index < -0.39 is 22.2 Å². The van der Waals surface area contributed by atoms with Crippen molar-refractivity contribution in [2.24, 2.45) is 22.0 Å². The van der Waals surface area contributed by atoms with Gasteiger partial charge in [-0.3, -0.25) is 5.73 Å². The van der Waals surface area contributed by atoms with Crippen LogP contribution in [-0.2, 0) is 22.3 Å². The van der Waals surface area contributed by atoms with E-state index >= 15 is 0 Å². The van der Waals surface area contributed by atoms with Crippen LogP contribution in [-0.4, -0.2) is 24.5 Å². The molecule has 2 aromatic carbocycles. The number of rotatable bonds is 4. The van der Waals surface area contributed by atoms with Gasteiger partial charge >= 0.3 is 5.91 Å². The summed E-state index contributed by atoms with van der Waals surface area (Å²) in [6.45, 7) is 2.22. The second-order valence-corrected chi connectivity index (χ2v) is 8.53. The largest absolute Gasteiger partial charge is 0.343 e. The summed E-state index contributed by atoms with van der Waals surface area (Å²) in [5.41, 5.74) is 5.26. The van der Waals surface area contributed by atoms with E-state index in [4.69, 9.17) is 15.2 Å². The van der Waals surface area contributed by atoms with E-state index in [9.17, 15) is 10.5 Å². The van der Waals surface area contributed by atoms with E-state index in [1.807, 2.05) is 67.6 Å². The SMILES string of the molecule is C[C@H]1CO[C@@]2([NH+]=C(N)[C@@]3(C#N)C(Cc4ccccc4)(Cc4ccccc4)[C@@]23C#N)O1. The van der Waals surface area contributed by atoms with E-state index in [2.05, 4.69) is 17.1 Å². The van der Waals surface area contributed by atoms with Crippen LogP contribution in [0.5, 0.6) is 0 Å². The van der Waals surface area contributed by atoms with Gasteiger partial charge in [-0.05, 0) is 30.9 Å². The molecule has 0 bridgehead atoms. The summed E-state index contributed by atoms with van der Waals surface area (Å²) in [5.74, 6) is -1.17. The zero-order valence-electron chi connectivity index (χ0n) is 16.8. The summed E-state index contributed by atoms with van der Waals surface area (Å²) in [6, 6.07) is 24.8. The van der Waals surface area contributed by atoms with Crippen molar-refractivity contribution in [1.29, 1.82) is 10.5 Å². The van der Waals surface area contributed by atoms with Gasteiger partial charge in [0.15, 0.2) is 10.8 Å². The molecule has 6 heteroatoms. The first-order valence-electron chi connectivity index (χ1n) is 10.1. The Hall–Kier alpha value is -3.19. The molecule has 30 heavy (non-hydrogen) atoms. The maximum Gasteiger partial charge on any atom is 0.343 e. The van der Waals surface area contributed by atoms with Gasteiger partial charge in [0.05, 0.1) is 24.8 Å². The number of fused-ring (bicyclic) bond motifs is 2. The molecular formula is C24H23N4O2+. The predicted molar refractivity (Wildman–Crippen MR) is 108 cm³/mol. The van der Waals surface area contributed by atoms with Crippen molar-refractivity contribution in [3.8, 4) is 12.1 Å². The Morgan fingerprint density at radius 1 is 1.00 bits per heavy atom. The number of amidine groups is 1. The molecule has 2 fully saturated rings. The smallest absolute Gasteiger partial charge is 0.311 e. The van der Waals surface area contributed by atoms with Crippen molar-refractivity contribution in [3.05, 3.63) is 71.8 Å². The molecule has 1 saturated heterocycles. The van der Waals surface area contributed by atoms with Crippen LogP contribution in [0.4, 0.5) is 0 Å². The third kappa shape index (κ3) is 1.96. The number of hydrogen-bond donors (Lipinski definition) is 2. The van der Waals surface area contributed by atoms with E-state index in [-0.39, 0.29) is 11.9 Å². The number of nitrogens with zero attached hydrogens (tertiary/aromatic N) is 2. The molecule has 0 aromatic heterocycles. The Morgan fingerprint density at radius 3 is 2.00 bits per heavy atom. The lowest BCUT2D eigenvalue weighted by Gasteiger charge is -2.30. The number of nitriles is 2. The van der Waals surface area contributed by atoms with E-state index in [1.54, 1.807) is 0 Å². The molecule has 2 heterocycles. The number of nitrogens with two attached hydrogens (primary N) is 1. The van der Waals surface area contributed by atoms with Crippen LogP contribution >= 0.6 is 0 Å². The number of nitrogens with one attached hydrogen (secondary N) is 1. The average molecular weight is 399 g/mol. The van der Waals surface area contributed by atoms with Crippen molar-refractivity contribution < 1.29 is 14.5 Å². The second kappa shape index (κ2) is 6.15. The minimum Gasteiger partial charge on any atom is -0.311 e. The van der Waals surface area contributed by atoms with Gasteiger partial charge in [0.2, 0.25) is 0 Å². The highest BCUT2D eigenvalue weighted by atomic mass is 16.8. The normalized spacial score (nSPS) is 35.3. The van der Waals surface area contributed by atoms with Crippen LogP contribution in [0.2, 0.25) is 0 Å².